The van der Waals surface area contributed by atoms with Gasteiger partial charge in [-0.3, -0.25) is 4.79 Å². The van der Waals surface area contributed by atoms with E-state index in [1.54, 1.807) is 30.3 Å². The Kier molecular flexibility index (Phi) is 7.33. The van der Waals surface area contributed by atoms with E-state index in [1.165, 1.54) is 0 Å². The summed E-state index contributed by atoms with van der Waals surface area (Å²) in [6.07, 6.45) is 3.21. The topological polar surface area (TPSA) is 65.5 Å². The number of hydrogen-bond donors (Lipinski definition) is 2. The minimum Gasteiger partial charge on any atom is -0.396 e. The average Bonchev–Trinajstić information content (AvgIpc) is 2.44. The number of hydrogen-bond acceptors (Lipinski definition) is 4. The van der Waals surface area contributed by atoms with Crippen LogP contribution < -0.4 is 10.2 Å². The fourth-order valence-corrected chi connectivity index (χ4v) is 1.95. The maximum Gasteiger partial charge on any atom is 0.239 e. The SMILES string of the molecule is CCC(CCO)CNC(=O)CN(C)c1ccc(Cl)cn1. The van der Waals surface area contributed by atoms with Crippen molar-refractivity contribution in [2.24, 2.45) is 5.92 Å². The average molecular weight is 300 g/mol. The Morgan fingerprint density at radius 3 is 2.85 bits per heavy atom. The first kappa shape index (κ1) is 16.7. The molecule has 1 aromatic heterocycles. The molecule has 0 spiro atoms. The maximum atomic E-state index is 11.8. The molecule has 0 aliphatic carbocycles. The zero-order valence-corrected chi connectivity index (χ0v) is 12.7. The van der Waals surface area contributed by atoms with Crippen LogP contribution in [0.4, 0.5) is 5.82 Å². The van der Waals surface area contributed by atoms with Gasteiger partial charge in [0.05, 0.1) is 11.6 Å². The number of carbonyl (C=O) groups excluding carboxylic acids is 1. The number of nitrogens with one attached hydrogen (secondary N) is 1. The second kappa shape index (κ2) is 8.76. The fourth-order valence-electron chi connectivity index (χ4n) is 1.84. The van der Waals surface area contributed by atoms with Gasteiger partial charge in [0.1, 0.15) is 5.82 Å². The summed E-state index contributed by atoms with van der Waals surface area (Å²) in [4.78, 5) is 17.8. The number of aliphatic hydroxyl groups is 1. The molecule has 1 rings (SSSR count). The number of carbonyl (C=O) groups is 1. The van der Waals surface area contributed by atoms with Crippen LogP contribution >= 0.6 is 11.6 Å². The van der Waals surface area contributed by atoms with E-state index >= 15 is 0 Å². The smallest absolute Gasteiger partial charge is 0.239 e. The van der Waals surface area contributed by atoms with E-state index in [0.717, 1.165) is 6.42 Å². The molecule has 20 heavy (non-hydrogen) atoms. The van der Waals surface area contributed by atoms with Crippen molar-refractivity contribution in [1.82, 2.24) is 10.3 Å². The van der Waals surface area contributed by atoms with E-state index in [0.29, 0.717) is 29.7 Å². The van der Waals surface area contributed by atoms with Crippen molar-refractivity contribution >= 4 is 23.3 Å². The Morgan fingerprint density at radius 2 is 2.30 bits per heavy atom. The Morgan fingerprint density at radius 1 is 1.55 bits per heavy atom. The molecule has 1 unspecified atom stereocenters. The highest BCUT2D eigenvalue weighted by atomic mass is 35.5. The van der Waals surface area contributed by atoms with E-state index in [4.69, 9.17) is 16.7 Å². The van der Waals surface area contributed by atoms with Crippen LogP contribution in [0.2, 0.25) is 5.02 Å². The first-order valence-corrected chi connectivity index (χ1v) is 7.14. The Labute approximate surface area is 125 Å². The van der Waals surface area contributed by atoms with Crippen LogP contribution in [0.5, 0.6) is 0 Å². The summed E-state index contributed by atoms with van der Waals surface area (Å²) in [6, 6.07) is 3.52. The van der Waals surface area contributed by atoms with Crippen LogP contribution in [-0.2, 0) is 4.79 Å². The first-order chi connectivity index (χ1) is 9.56. The van der Waals surface area contributed by atoms with E-state index in [1.807, 2.05) is 0 Å². The fraction of sp³-hybridized carbons (Fsp3) is 0.571. The highest BCUT2D eigenvalue weighted by Gasteiger charge is 2.11. The van der Waals surface area contributed by atoms with Gasteiger partial charge < -0.3 is 15.3 Å². The molecular formula is C14H22ClN3O2. The molecule has 5 nitrogen and oxygen atoms in total. The summed E-state index contributed by atoms with van der Waals surface area (Å²) >= 11 is 5.77. The van der Waals surface area contributed by atoms with E-state index in [9.17, 15) is 4.79 Å². The number of nitrogens with zero attached hydrogens (tertiary/aromatic N) is 2. The largest absolute Gasteiger partial charge is 0.396 e. The monoisotopic (exact) mass is 299 g/mol. The van der Waals surface area contributed by atoms with Crippen LogP contribution in [0.25, 0.3) is 0 Å². The summed E-state index contributed by atoms with van der Waals surface area (Å²) < 4.78 is 0. The summed E-state index contributed by atoms with van der Waals surface area (Å²) in [5, 5.41) is 12.4. The number of aromatic nitrogens is 1. The van der Waals surface area contributed by atoms with Gasteiger partial charge in [-0.1, -0.05) is 24.9 Å². The maximum absolute atomic E-state index is 11.8. The van der Waals surface area contributed by atoms with Gasteiger partial charge in [0.15, 0.2) is 0 Å². The van der Waals surface area contributed by atoms with Crippen molar-refractivity contribution < 1.29 is 9.90 Å². The van der Waals surface area contributed by atoms with E-state index < -0.39 is 0 Å². The van der Waals surface area contributed by atoms with Crippen LogP contribution in [0.15, 0.2) is 18.3 Å². The molecule has 2 N–H and O–H groups in total. The molecular weight excluding hydrogens is 278 g/mol. The van der Waals surface area contributed by atoms with Gasteiger partial charge in [0.2, 0.25) is 5.91 Å². The van der Waals surface area contributed by atoms with E-state index in [2.05, 4.69) is 17.2 Å². The molecule has 0 saturated heterocycles. The number of amides is 1. The van der Waals surface area contributed by atoms with E-state index in [-0.39, 0.29) is 19.1 Å². The van der Waals surface area contributed by atoms with Crippen LogP contribution in [0.1, 0.15) is 19.8 Å². The number of aliphatic hydroxyl groups excluding tert-OH is 1. The lowest BCUT2D eigenvalue weighted by atomic mass is 10.0. The molecule has 0 fully saturated rings. The van der Waals surface area contributed by atoms with Gasteiger partial charge >= 0.3 is 0 Å². The second-order valence-corrected chi connectivity index (χ2v) is 5.22. The van der Waals surface area contributed by atoms with Gasteiger partial charge in [-0.25, -0.2) is 4.98 Å². The standard InChI is InChI=1S/C14H22ClN3O2/c1-3-11(6-7-19)8-17-14(20)10-18(2)13-5-4-12(15)9-16-13/h4-5,9,11,19H,3,6-8,10H2,1-2H3,(H,17,20). The van der Waals surface area contributed by atoms with Gasteiger partial charge in [0.25, 0.3) is 0 Å². The number of likely N-dealkylation sites (N-methyl/N-ethyl adjacent to an activating group) is 1. The molecule has 0 saturated carbocycles. The van der Waals surface area contributed by atoms with Crippen LogP contribution in [0, 0.1) is 5.92 Å². The first-order valence-electron chi connectivity index (χ1n) is 6.77. The second-order valence-electron chi connectivity index (χ2n) is 4.78. The molecule has 0 bridgehead atoms. The molecule has 0 aromatic carbocycles. The quantitative estimate of drug-likeness (QED) is 0.767. The molecule has 1 atom stereocenters. The number of rotatable bonds is 8. The minimum atomic E-state index is -0.0550. The Bertz CT molecular complexity index is 411. The predicted octanol–water partition coefficient (Wildman–Crippen LogP) is 1.70. The Balaban J connectivity index is 2.39. The molecule has 1 aromatic rings. The third-order valence-corrected chi connectivity index (χ3v) is 3.41. The number of halogens is 1. The van der Waals surface area contributed by atoms with Crippen molar-refractivity contribution in [3.63, 3.8) is 0 Å². The lowest BCUT2D eigenvalue weighted by Crippen LogP contribution is -2.37. The van der Waals surface area contributed by atoms with Crippen molar-refractivity contribution in [2.75, 3.05) is 31.6 Å². The molecule has 0 radical (unpaired) electrons. The van der Waals surface area contributed by atoms with Crippen molar-refractivity contribution in [3.05, 3.63) is 23.4 Å². The zero-order chi connectivity index (χ0) is 15.0. The third-order valence-electron chi connectivity index (χ3n) is 3.19. The van der Waals surface area contributed by atoms with Crippen molar-refractivity contribution in [3.8, 4) is 0 Å². The molecule has 0 aliphatic rings. The van der Waals surface area contributed by atoms with Crippen LogP contribution in [-0.4, -0.2) is 42.7 Å². The van der Waals surface area contributed by atoms with Crippen molar-refractivity contribution in [2.45, 2.75) is 19.8 Å². The lowest BCUT2D eigenvalue weighted by molar-refractivity contribution is -0.119. The zero-order valence-electron chi connectivity index (χ0n) is 12.0. The molecule has 6 heteroatoms. The highest BCUT2D eigenvalue weighted by Crippen LogP contribution is 2.12. The Hall–Kier alpha value is -1.33. The van der Waals surface area contributed by atoms with Crippen molar-refractivity contribution in [1.29, 1.82) is 0 Å². The normalized spacial score (nSPS) is 12.0. The summed E-state index contributed by atoms with van der Waals surface area (Å²) in [6.45, 7) is 3.04. The predicted molar refractivity (Wildman–Crippen MR) is 81.0 cm³/mol. The van der Waals surface area contributed by atoms with Gasteiger partial charge in [0, 0.05) is 26.4 Å². The summed E-state index contributed by atoms with van der Waals surface area (Å²) in [7, 11) is 1.81. The van der Waals surface area contributed by atoms with Gasteiger partial charge in [-0.05, 0) is 24.5 Å². The minimum absolute atomic E-state index is 0.0550. The highest BCUT2D eigenvalue weighted by molar-refractivity contribution is 6.30. The number of pyridine rings is 1. The van der Waals surface area contributed by atoms with Crippen LogP contribution in [0.3, 0.4) is 0 Å². The van der Waals surface area contributed by atoms with Gasteiger partial charge in [-0.15, -0.1) is 0 Å². The summed E-state index contributed by atoms with van der Waals surface area (Å²) in [5.41, 5.74) is 0. The third kappa shape index (κ3) is 5.75. The molecule has 0 aliphatic heterocycles. The number of anilines is 1. The molecule has 1 amide bonds. The molecule has 1 heterocycles. The molecule has 112 valence electrons. The summed E-state index contributed by atoms with van der Waals surface area (Å²) in [5.74, 6) is 0.968. The lowest BCUT2D eigenvalue weighted by Gasteiger charge is -2.19. The van der Waals surface area contributed by atoms with Gasteiger partial charge in [-0.2, -0.15) is 0 Å².